The molecule has 1 fully saturated rings. The highest BCUT2D eigenvalue weighted by Crippen LogP contribution is 2.10. The molecule has 0 amide bonds. The van der Waals surface area contributed by atoms with Gasteiger partial charge in [-0.25, -0.2) is 0 Å². The average Bonchev–Trinajstić information content (AvgIpc) is 2.43. The molecule has 1 N–H and O–H groups in total. The Bertz CT molecular complexity index is 358. The fourth-order valence-corrected chi connectivity index (χ4v) is 2.60. The first-order chi connectivity index (χ1) is 9.24. The Kier molecular flexibility index (Phi) is 6.31. The summed E-state index contributed by atoms with van der Waals surface area (Å²) < 4.78 is 1.14. The third kappa shape index (κ3) is 5.61. The van der Waals surface area contributed by atoms with E-state index in [0.717, 1.165) is 17.6 Å². The Labute approximate surface area is 125 Å². The number of rotatable bonds is 6. The number of likely N-dealkylation sites (N-methyl/N-ethyl adjacent to an activating group) is 1. The van der Waals surface area contributed by atoms with Gasteiger partial charge >= 0.3 is 0 Å². The number of nitrogens with zero attached hydrogens (tertiary/aromatic N) is 2. The molecule has 1 aromatic carbocycles. The van der Waals surface area contributed by atoms with E-state index >= 15 is 0 Å². The van der Waals surface area contributed by atoms with Crippen LogP contribution < -0.4 is 5.32 Å². The zero-order chi connectivity index (χ0) is 13.5. The smallest absolute Gasteiger partial charge is 0.0205 e. The molecule has 0 radical (unpaired) electrons. The van der Waals surface area contributed by atoms with E-state index < -0.39 is 0 Å². The second-order valence-corrected chi connectivity index (χ2v) is 6.22. The fraction of sp³-hybridized carbons (Fsp3) is 0.600. The van der Waals surface area contributed by atoms with E-state index in [4.69, 9.17) is 0 Å². The summed E-state index contributed by atoms with van der Waals surface area (Å²) in [6.07, 6.45) is 1.24. The minimum atomic E-state index is 0.968. The molecule has 0 aromatic heterocycles. The quantitative estimate of drug-likeness (QED) is 0.809. The first kappa shape index (κ1) is 15.0. The van der Waals surface area contributed by atoms with E-state index in [2.05, 4.69) is 62.4 Å². The van der Waals surface area contributed by atoms with Crippen molar-refractivity contribution in [2.24, 2.45) is 0 Å². The zero-order valence-electron chi connectivity index (χ0n) is 11.7. The summed E-state index contributed by atoms with van der Waals surface area (Å²) in [4.78, 5) is 4.98. The van der Waals surface area contributed by atoms with Crippen molar-refractivity contribution in [3.8, 4) is 0 Å². The van der Waals surface area contributed by atoms with E-state index in [1.54, 1.807) is 0 Å². The Morgan fingerprint density at radius 3 is 2.47 bits per heavy atom. The maximum Gasteiger partial charge on any atom is 0.0205 e. The van der Waals surface area contributed by atoms with Crippen LogP contribution in [0.2, 0.25) is 0 Å². The molecule has 19 heavy (non-hydrogen) atoms. The highest BCUT2D eigenvalue weighted by Gasteiger charge is 2.12. The molecule has 1 aromatic rings. The van der Waals surface area contributed by atoms with Gasteiger partial charge in [0.2, 0.25) is 0 Å². The first-order valence-electron chi connectivity index (χ1n) is 7.10. The van der Waals surface area contributed by atoms with E-state index in [1.165, 1.54) is 44.7 Å². The lowest BCUT2D eigenvalue weighted by Crippen LogP contribution is -2.45. The molecule has 0 saturated carbocycles. The van der Waals surface area contributed by atoms with Gasteiger partial charge in [0.15, 0.2) is 0 Å². The van der Waals surface area contributed by atoms with Gasteiger partial charge in [-0.2, -0.15) is 0 Å². The van der Waals surface area contributed by atoms with Crippen molar-refractivity contribution in [2.75, 3.05) is 46.3 Å². The van der Waals surface area contributed by atoms with Gasteiger partial charge in [0.25, 0.3) is 0 Å². The van der Waals surface area contributed by atoms with Crippen LogP contribution in [0.3, 0.4) is 0 Å². The topological polar surface area (TPSA) is 18.5 Å². The summed E-state index contributed by atoms with van der Waals surface area (Å²) in [7, 11) is 2.21. The van der Waals surface area contributed by atoms with Crippen molar-refractivity contribution in [3.63, 3.8) is 0 Å². The Morgan fingerprint density at radius 1 is 1.11 bits per heavy atom. The van der Waals surface area contributed by atoms with Crippen molar-refractivity contribution in [2.45, 2.75) is 13.0 Å². The van der Waals surface area contributed by atoms with Crippen LogP contribution in [0.1, 0.15) is 12.0 Å². The number of halogens is 1. The molecule has 1 heterocycles. The lowest BCUT2D eigenvalue weighted by Gasteiger charge is -2.32. The van der Waals surface area contributed by atoms with Crippen molar-refractivity contribution in [3.05, 3.63) is 34.3 Å². The molecule has 0 atom stereocenters. The van der Waals surface area contributed by atoms with E-state index in [9.17, 15) is 0 Å². The summed E-state index contributed by atoms with van der Waals surface area (Å²) in [5, 5.41) is 3.52. The van der Waals surface area contributed by atoms with Gasteiger partial charge in [-0.1, -0.05) is 28.1 Å². The molecule has 1 saturated heterocycles. The Morgan fingerprint density at radius 2 is 1.79 bits per heavy atom. The van der Waals surface area contributed by atoms with Gasteiger partial charge in [-0.15, -0.1) is 0 Å². The molecule has 106 valence electrons. The maximum absolute atomic E-state index is 3.52. The SMILES string of the molecule is CN1CCN(CCCNCc2ccc(Br)cc2)CC1. The number of benzene rings is 1. The Hall–Kier alpha value is -0.420. The summed E-state index contributed by atoms with van der Waals surface area (Å²) in [5.74, 6) is 0. The van der Waals surface area contributed by atoms with Crippen LogP contribution in [0.25, 0.3) is 0 Å². The fourth-order valence-electron chi connectivity index (χ4n) is 2.33. The number of piperazine rings is 1. The number of nitrogens with one attached hydrogen (secondary N) is 1. The summed E-state index contributed by atoms with van der Waals surface area (Å²) in [5.41, 5.74) is 1.35. The standard InChI is InChI=1S/C15H24BrN3/c1-18-9-11-19(12-10-18)8-2-7-17-13-14-3-5-15(16)6-4-14/h3-6,17H,2,7-13H2,1H3. The van der Waals surface area contributed by atoms with Crippen molar-refractivity contribution in [1.29, 1.82) is 0 Å². The third-order valence-electron chi connectivity index (χ3n) is 3.67. The first-order valence-corrected chi connectivity index (χ1v) is 7.89. The molecule has 1 aliphatic heterocycles. The largest absolute Gasteiger partial charge is 0.313 e. The molecule has 2 rings (SSSR count). The van der Waals surface area contributed by atoms with Crippen LogP contribution in [0.4, 0.5) is 0 Å². The molecular formula is C15H24BrN3. The van der Waals surface area contributed by atoms with E-state index in [1.807, 2.05) is 0 Å². The van der Waals surface area contributed by atoms with Crippen molar-refractivity contribution >= 4 is 15.9 Å². The van der Waals surface area contributed by atoms with Crippen LogP contribution in [0, 0.1) is 0 Å². The summed E-state index contributed by atoms with van der Waals surface area (Å²) in [6.45, 7) is 8.17. The molecule has 0 spiro atoms. The number of hydrogen-bond donors (Lipinski definition) is 1. The molecular weight excluding hydrogens is 302 g/mol. The average molecular weight is 326 g/mol. The minimum absolute atomic E-state index is 0.968. The van der Waals surface area contributed by atoms with Crippen LogP contribution in [-0.4, -0.2) is 56.1 Å². The van der Waals surface area contributed by atoms with Gasteiger partial charge in [-0.3, -0.25) is 0 Å². The molecule has 4 heteroatoms. The molecule has 3 nitrogen and oxygen atoms in total. The van der Waals surface area contributed by atoms with Gasteiger partial charge in [0.1, 0.15) is 0 Å². The highest BCUT2D eigenvalue weighted by molar-refractivity contribution is 9.10. The van der Waals surface area contributed by atoms with Gasteiger partial charge in [0, 0.05) is 37.2 Å². The Balaban J connectivity index is 1.53. The lowest BCUT2D eigenvalue weighted by atomic mass is 10.2. The number of hydrogen-bond acceptors (Lipinski definition) is 3. The monoisotopic (exact) mass is 325 g/mol. The van der Waals surface area contributed by atoms with Crippen LogP contribution >= 0.6 is 15.9 Å². The lowest BCUT2D eigenvalue weighted by molar-refractivity contribution is 0.153. The molecule has 0 aliphatic carbocycles. The second-order valence-electron chi connectivity index (χ2n) is 5.30. The molecule has 0 unspecified atom stereocenters. The van der Waals surface area contributed by atoms with Gasteiger partial charge in [-0.05, 0) is 44.3 Å². The molecule has 0 bridgehead atoms. The summed E-state index contributed by atoms with van der Waals surface area (Å²) >= 11 is 3.46. The zero-order valence-corrected chi connectivity index (χ0v) is 13.3. The van der Waals surface area contributed by atoms with Crippen LogP contribution in [-0.2, 0) is 6.54 Å². The second kappa shape index (κ2) is 8.00. The minimum Gasteiger partial charge on any atom is -0.313 e. The third-order valence-corrected chi connectivity index (χ3v) is 4.19. The summed E-state index contributed by atoms with van der Waals surface area (Å²) in [6, 6.07) is 8.53. The van der Waals surface area contributed by atoms with Crippen LogP contribution in [0.15, 0.2) is 28.7 Å². The van der Waals surface area contributed by atoms with E-state index in [-0.39, 0.29) is 0 Å². The van der Waals surface area contributed by atoms with E-state index in [0.29, 0.717) is 0 Å². The maximum atomic E-state index is 3.52. The highest BCUT2D eigenvalue weighted by atomic mass is 79.9. The predicted octanol–water partition coefficient (Wildman–Crippen LogP) is 2.18. The van der Waals surface area contributed by atoms with Crippen LogP contribution in [0.5, 0.6) is 0 Å². The van der Waals surface area contributed by atoms with Crippen molar-refractivity contribution < 1.29 is 0 Å². The predicted molar refractivity (Wildman–Crippen MR) is 84.4 cm³/mol. The van der Waals surface area contributed by atoms with Gasteiger partial charge in [0.05, 0.1) is 0 Å². The normalized spacial score (nSPS) is 17.8. The van der Waals surface area contributed by atoms with Crippen molar-refractivity contribution in [1.82, 2.24) is 15.1 Å². The van der Waals surface area contributed by atoms with Gasteiger partial charge < -0.3 is 15.1 Å². The molecule has 1 aliphatic rings.